The second kappa shape index (κ2) is 8.34. The molecule has 4 aromatic rings. The van der Waals surface area contributed by atoms with Gasteiger partial charge in [0.05, 0.1) is 12.8 Å². The van der Waals surface area contributed by atoms with Gasteiger partial charge in [0.1, 0.15) is 11.2 Å². The van der Waals surface area contributed by atoms with Crippen molar-refractivity contribution >= 4 is 17.0 Å². The Hall–Kier alpha value is -4.08. The van der Waals surface area contributed by atoms with Crippen molar-refractivity contribution in [1.82, 2.24) is 19.5 Å². The minimum absolute atomic E-state index is 0.00805. The highest BCUT2D eigenvalue weighted by molar-refractivity contribution is 5.73. The molecule has 0 fully saturated rings. The van der Waals surface area contributed by atoms with Gasteiger partial charge in [-0.05, 0) is 36.2 Å². The molecule has 0 aliphatic carbocycles. The molecule has 4 rings (SSSR count). The van der Waals surface area contributed by atoms with Crippen molar-refractivity contribution in [1.29, 1.82) is 0 Å². The van der Waals surface area contributed by atoms with Crippen LogP contribution in [0.15, 0.2) is 58.3 Å². The Bertz CT molecular complexity index is 1380. The molecule has 0 aliphatic heterocycles. The zero-order valence-corrected chi connectivity index (χ0v) is 16.4. The van der Waals surface area contributed by atoms with E-state index in [2.05, 4.69) is 20.3 Å². The number of H-pyrrole nitrogens is 1. The van der Waals surface area contributed by atoms with E-state index in [9.17, 15) is 18.4 Å². The van der Waals surface area contributed by atoms with E-state index in [1.807, 2.05) is 0 Å². The first-order valence-electron chi connectivity index (χ1n) is 9.30. The molecule has 0 atom stereocenters. The van der Waals surface area contributed by atoms with Crippen molar-refractivity contribution in [2.45, 2.75) is 6.42 Å². The van der Waals surface area contributed by atoms with Crippen LogP contribution in [0.2, 0.25) is 0 Å². The SMILES string of the molecule is COc1ccc(-n2c(=O)[nH]c3nc(NCCc4cccc(F)c4)ncc3c2=O)cc1F. The largest absolute Gasteiger partial charge is 0.494 e. The molecule has 2 aromatic carbocycles. The second-order valence-electron chi connectivity index (χ2n) is 6.65. The maximum atomic E-state index is 14.0. The van der Waals surface area contributed by atoms with Crippen LogP contribution in [-0.2, 0) is 6.42 Å². The fourth-order valence-corrected chi connectivity index (χ4v) is 3.13. The number of aromatic nitrogens is 4. The Morgan fingerprint density at radius 1 is 1.16 bits per heavy atom. The maximum Gasteiger partial charge on any atom is 0.334 e. The van der Waals surface area contributed by atoms with Crippen LogP contribution in [0.3, 0.4) is 0 Å². The summed E-state index contributed by atoms with van der Waals surface area (Å²) in [4.78, 5) is 36.1. The van der Waals surface area contributed by atoms with Gasteiger partial charge in [0.15, 0.2) is 17.2 Å². The molecule has 0 radical (unpaired) electrons. The van der Waals surface area contributed by atoms with Crippen LogP contribution in [0.1, 0.15) is 5.56 Å². The van der Waals surface area contributed by atoms with Crippen LogP contribution in [0, 0.1) is 11.6 Å². The standard InChI is InChI=1S/C21H17F2N5O3/c1-31-17-6-5-14(10-16(17)23)28-19(29)15-11-25-20(26-18(15)27-21(28)30)24-8-7-12-3-2-4-13(22)9-12/h2-6,9-11H,7-8H2,1H3,(H2,24,25,26,27,30). The number of nitrogens with one attached hydrogen (secondary N) is 2. The summed E-state index contributed by atoms with van der Waals surface area (Å²) in [5.41, 5.74) is -0.565. The van der Waals surface area contributed by atoms with Crippen molar-refractivity contribution in [3.8, 4) is 11.4 Å². The molecular formula is C21H17F2N5O3. The predicted molar refractivity (Wildman–Crippen MR) is 111 cm³/mol. The minimum Gasteiger partial charge on any atom is -0.494 e. The molecule has 2 heterocycles. The van der Waals surface area contributed by atoms with E-state index in [-0.39, 0.29) is 34.2 Å². The van der Waals surface area contributed by atoms with E-state index >= 15 is 0 Å². The Balaban J connectivity index is 1.61. The monoisotopic (exact) mass is 425 g/mol. The number of halogens is 2. The Labute approximate surface area is 174 Å². The molecule has 2 N–H and O–H groups in total. The van der Waals surface area contributed by atoms with E-state index in [0.29, 0.717) is 13.0 Å². The lowest BCUT2D eigenvalue weighted by molar-refractivity contribution is 0.386. The molecule has 0 saturated heterocycles. The number of nitrogens with zero attached hydrogens (tertiary/aromatic N) is 3. The Kier molecular flexibility index (Phi) is 5.44. The predicted octanol–water partition coefficient (Wildman–Crippen LogP) is 2.41. The van der Waals surface area contributed by atoms with Crippen LogP contribution in [0.25, 0.3) is 16.7 Å². The average molecular weight is 425 g/mol. The average Bonchev–Trinajstić information content (AvgIpc) is 2.74. The highest BCUT2D eigenvalue weighted by Gasteiger charge is 2.14. The van der Waals surface area contributed by atoms with Crippen molar-refractivity contribution in [3.63, 3.8) is 0 Å². The number of ether oxygens (including phenoxy) is 1. The van der Waals surface area contributed by atoms with Crippen molar-refractivity contribution in [2.75, 3.05) is 19.0 Å². The number of fused-ring (bicyclic) bond motifs is 1. The first kappa shape index (κ1) is 20.2. The summed E-state index contributed by atoms with van der Waals surface area (Å²) in [6.45, 7) is 0.418. The summed E-state index contributed by atoms with van der Waals surface area (Å²) in [7, 11) is 1.31. The zero-order valence-electron chi connectivity index (χ0n) is 16.4. The van der Waals surface area contributed by atoms with Gasteiger partial charge in [0, 0.05) is 18.8 Å². The summed E-state index contributed by atoms with van der Waals surface area (Å²) in [5, 5.41) is 3.03. The first-order valence-corrected chi connectivity index (χ1v) is 9.30. The van der Waals surface area contributed by atoms with Crippen LogP contribution in [0.4, 0.5) is 14.7 Å². The number of hydrogen-bond donors (Lipinski definition) is 2. The molecule has 0 aliphatic rings. The van der Waals surface area contributed by atoms with Gasteiger partial charge in [-0.25, -0.2) is 23.1 Å². The van der Waals surface area contributed by atoms with Gasteiger partial charge < -0.3 is 10.1 Å². The molecule has 8 nitrogen and oxygen atoms in total. The number of anilines is 1. The lowest BCUT2D eigenvalue weighted by atomic mass is 10.1. The zero-order chi connectivity index (χ0) is 22.0. The highest BCUT2D eigenvalue weighted by Crippen LogP contribution is 2.19. The molecule has 10 heteroatoms. The van der Waals surface area contributed by atoms with Gasteiger partial charge in [-0.2, -0.15) is 4.98 Å². The number of benzene rings is 2. The molecule has 158 valence electrons. The third-order valence-electron chi connectivity index (χ3n) is 4.63. The maximum absolute atomic E-state index is 14.0. The molecule has 31 heavy (non-hydrogen) atoms. The van der Waals surface area contributed by atoms with Crippen molar-refractivity contribution in [3.05, 3.63) is 86.7 Å². The lowest BCUT2D eigenvalue weighted by Gasteiger charge is -2.09. The summed E-state index contributed by atoms with van der Waals surface area (Å²) in [6.07, 6.45) is 1.81. The van der Waals surface area contributed by atoms with Gasteiger partial charge in [-0.3, -0.25) is 9.78 Å². The van der Waals surface area contributed by atoms with E-state index in [4.69, 9.17) is 4.74 Å². The molecular weight excluding hydrogens is 408 g/mol. The van der Waals surface area contributed by atoms with Crippen LogP contribution in [-0.4, -0.2) is 33.2 Å². The van der Waals surface area contributed by atoms with Gasteiger partial charge in [0.25, 0.3) is 5.56 Å². The number of hydrogen-bond acceptors (Lipinski definition) is 6. The van der Waals surface area contributed by atoms with Crippen LogP contribution in [0.5, 0.6) is 5.75 Å². The smallest absolute Gasteiger partial charge is 0.334 e. The van der Waals surface area contributed by atoms with Gasteiger partial charge in [-0.15, -0.1) is 0 Å². The van der Waals surface area contributed by atoms with E-state index in [1.165, 1.54) is 37.6 Å². The fraction of sp³-hybridized carbons (Fsp3) is 0.143. The molecule has 2 aromatic heterocycles. The molecule has 0 unspecified atom stereocenters. The summed E-state index contributed by atoms with van der Waals surface area (Å²) in [5.74, 6) is -0.830. The highest BCUT2D eigenvalue weighted by atomic mass is 19.1. The molecule has 0 amide bonds. The summed E-state index contributed by atoms with van der Waals surface area (Å²) >= 11 is 0. The quantitative estimate of drug-likeness (QED) is 0.492. The molecule has 0 bridgehead atoms. The van der Waals surface area contributed by atoms with Gasteiger partial charge in [-0.1, -0.05) is 12.1 Å². The van der Waals surface area contributed by atoms with Crippen LogP contribution < -0.4 is 21.3 Å². The lowest BCUT2D eigenvalue weighted by Crippen LogP contribution is -2.34. The van der Waals surface area contributed by atoms with Crippen LogP contribution >= 0.6 is 0 Å². The van der Waals surface area contributed by atoms with Gasteiger partial charge >= 0.3 is 5.69 Å². The molecule has 0 saturated carbocycles. The van der Waals surface area contributed by atoms with E-state index < -0.39 is 17.1 Å². The topological polar surface area (TPSA) is 102 Å². The fourth-order valence-electron chi connectivity index (χ4n) is 3.13. The first-order chi connectivity index (χ1) is 15.0. The van der Waals surface area contributed by atoms with Gasteiger partial charge in [0.2, 0.25) is 5.95 Å². The number of aromatic amines is 1. The summed E-state index contributed by atoms with van der Waals surface area (Å²) < 4.78 is 32.9. The second-order valence-corrected chi connectivity index (χ2v) is 6.65. The normalized spacial score (nSPS) is 10.9. The number of methoxy groups -OCH3 is 1. The molecule has 0 spiro atoms. The minimum atomic E-state index is -0.772. The van der Waals surface area contributed by atoms with Crippen molar-refractivity contribution in [2.24, 2.45) is 0 Å². The number of rotatable bonds is 6. The Morgan fingerprint density at radius 2 is 2.00 bits per heavy atom. The third kappa shape index (κ3) is 4.13. The summed E-state index contributed by atoms with van der Waals surface area (Å²) in [6, 6.07) is 9.98. The van der Waals surface area contributed by atoms with E-state index in [1.54, 1.807) is 12.1 Å². The van der Waals surface area contributed by atoms with Crippen molar-refractivity contribution < 1.29 is 13.5 Å². The van der Waals surface area contributed by atoms with E-state index in [0.717, 1.165) is 16.2 Å². The Morgan fingerprint density at radius 3 is 2.74 bits per heavy atom. The third-order valence-corrected chi connectivity index (χ3v) is 4.63.